The van der Waals surface area contributed by atoms with E-state index >= 15 is 0 Å². The van der Waals surface area contributed by atoms with Crippen molar-refractivity contribution in [2.75, 3.05) is 5.75 Å². The Kier molecular flexibility index (Phi) is 3.21. The fourth-order valence-electron chi connectivity index (χ4n) is 2.53. The monoisotopic (exact) mass is 314 g/mol. The molecule has 0 fully saturated rings. The summed E-state index contributed by atoms with van der Waals surface area (Å²) in [7, 11) is 0. The topological polar surface area (TPSA) is 0 Å². The zero-order valence-corrected chi connectivity index (χ0v) is 13.6. The van der Waals surface area contributed by atoms with E-state index < -0.39 is 0 Å². The van der Waals surface area contributed by atoms with E-state index in [2.05, 4.69) is 49.4 Å². The van der Waals surface area contributed by atoms with Gasteiger partial charge in [0.05, 0.1) is 9.40 Å². The molecule has 0 saturated carbocycles. The maximum atomic E-state index is 2.30. The highest BCUT2D eigenvalue weighted by atomic mass is 32.2. The summed E-state index contributed by atoms with van der Waals surface area (Å²) in [6.07, 6.45) is 7.83. The molecular formula is C17H14S3. The lowest BCUT2D eigenvalue weighted by molar-refractivity contribution is 1.22. The normalized spacial score (nSPS) is 16.9. The highest BCUT2D eigenvalue weighted by molar-refractivity contribution is 8.00. The van der Waals surface area contributed by atoms with Crippen LogP contribution in [0.3, 0.4) is 0 Å². The molecule has 0 atom stereocenters. The molecule has 1 aliphatic rings. The van der Waals surface area contributed by atoms with Crippen LogP contribution in [0.2, 0.25) is 0 Å². The molecule has 3 heterocycles. The average Bonchev–Trinajstić information content (AvgIpc) is 3.10. The molecule has 0 unspecified atom stereocenters. The summed E-state index contributed by atoms with van der Waals surface area (Å²) in [6.45, 7) is 2.18. The zero-order valence-electron chi connectivity index (χ0n) is 11.2. The van der Waals surface area contributed by atoms with E-state index in [4.69, 9.17) is 0 Å². The summed E-state index contributed by atoms with van der Waals surface area (Å²) in [4.78, 5) is 3.02. The van der Waals surface area contributed by atoms with Crippen LogP contribution in [-0.4, -0.2) is 5.75 Å². The van der Waals surface area contributed by atoms with E-state index in [-0.39, 0.29) is 0 Å². The first kappa shape index (κ1) is 12.7. The van der Waals surface area contributed by atoms with Gasteiger partial charge in [0.2, 0.25) is 0 Å². The fraction of sp³-hybridized carbons (Fsp3) is 0.176. The van der Waals surface area contributed by atoms with Gasteiger partial charge in [-0.3, -0.25) is 0 Å². The van der Waals surface area contributed by atoms with Crippen molar-refractivity contribution >= 4 is 59.5 Å². The molecule has 0 amide bonds. The van der Waals surface area contributed by atoms with Gasteiger partial charge >= 0.3 is 0 Å². The predicted octanol–water partition coefficient (Wildman–Crippen LogP) is 6.57. The molecule has 1 aromatic carbocycles. The van der Waals surface area contributed by atoms with Gasteiger partial charge in [-0.25, -0.2) is 0 Å². The lowest BCUT2D eigenvalue weighted by Crippen LogP contribution is -1.74. The molecule has 0 nitrogen and oxygen atoms in total. The Morgan fingerprint density at radius 1 is 1.15 bits per heavy atom. The Bertz CT molecular complexity index is 846. The Hall–Kier alpha value is -1.03. The summed E-state index contributed by atoms with van der Waals surface area (Å²) < 4.78 is 4.40. The largest absolute Gasteiger partial charge is 0.133 e. The summed E-state index contributed by atoms with van der Waals surface area (Å²) in [5.74, 6) is 1.12. The van der Waals surface area contributed by atoms with Crippen LogP contribution in [0.25, 0.3) is 25.1 Å². The van der Waals surface area contributed by atoms with Crippen molar-refractivity contribution in [3.63, 3.8) is 0 Å². The molecule has 3 heteroatoms. The summed E-state index contributed by atoms with van der Waals surface area (Å²) >= 11 is 5.93. The van der Waals surface area contributed by atoms with Crippen LogP contribution >= 0.6 is 34.4 Å². The first-order valence-corrected chi connectivity index (χ1v) is 9.43. The third kappa shape index (κ3) is 1.88. The summed E-state index contributed by atoms with van der Waals surface area (Å²) in [6, 6.07) is 8.77. The lowest BCUT2D eigenvalue weighted by Gasteiger charge is -1.92. The highest BCUT2D eigenvalue weighted by Crippen LogP contribution is 2.53. The van der Waals surface area contributed by atoms with Crippen LogP contribution in [0.4, 0.5) is 0 Å². The summed E-state index contributed by atoms with van der Waals surface area (Å²) in [5, 5.41) is 1.43. The Morgan fingerprint density at radius 2 is 2.05 bits per heavy atom. The third-order valence-electron chi connectivity index (χ3n) is 3.50. The molecule has 0 saturated heterocycles. The fourth-order valence-corrected chi connectivity index (χ4v) is 6.90. The molecule has 100 valence electrons. The SMILES string of the molecule is CCC=CC=C1CSc2c1sc1c2sc2ccccc21. The smallest absolute Gasteiger partial charge is 0.0605 e. The van der Waals surface area contributed by atoms with E-state index in [1.807, 2.05) is 34.4 Å². The second kappa shape index (κ2) is 5.06. The number of benzene rings is 1. The van der Waals surface area contributed by atoms with Gasteiger partial charge in [0.25, 0.3) is 0 Å². The van der Waals surface area contributed by atoms with Crippen molar-refractivity contribution in [2.24, 2.45) is 0 Å². The van der Waals surface area contributed by atoms with E-state index in [9.17, 15) is 0 Å². The van der Waals surface area contributed by atoms with Crippen LogP contribution in [0, 0.1) is 0 Å². The van der Waals surface area contributed by atoms with Crippen molar-refractivity contribution in [3.05, 3.63) is 47.4 Å². The van der Waals surface area contributed by atoms with Gasteiger partial charge in [-0.1, -0.05) is 43.4 Å². The lowest BCUT2D eigenvalue weighted by atomic mass is 10.2. The number of thioether (sulfide) groups is 1. The van der Waals surface area contributed by atoms with Gasteiger partial charge in [0, 0.05) is 25.6 Å². The number of fused-ring (bicyclic) bond motifs is 5. The van der Waals surface area contributed by atoms with Crippen LogP contribution in [-0.2, 0) is 0 Å². The second-order valence-electron chi connectivity index (χ2n) is 4.83. The number of hydrogen-bond acceptors (Lipinski definition) is 3. The molecule has 0 bridgehead atoms. The second-order valence-corrected chi connectivity index (χ2v) is 7.89. The molecule has 1 aliphatic heterocycles. The maximum Gasteiger partial charge on any atom is 0.0605 e. The minimum absolute atomic E-state index is 1.11. The third-order valence-corrected chi connectivity index (χ3v) is 7.53. The van der Waals surface area contributed by atoms with E-state index in [0.29, 0.717) is 0 Å². The molecule has 4 rings (SSSR count). The maximum absolute atomic E-state index is 2.30. The molecule has 0 radical (unpaired) electrons. The zero-order chi connectivity index (χ0) is 13.5. The minimum Gasteiger partial charge on any atom is -0.133 e. The molecular weight excluding hydrogens is 300 g/mol. The van der Waals surface area contributed by atoms with Gasteiger partial charge in [-0.2, -0.15) is 0 Å². The average molecular weight is 314 g/mol. The molecule has 2 aromatic heterocycles. The number of hydrogen-bond donors (Lipinski definition) is 0. The Balaban J connectivity index is 1.91. The van der Waals surface area contributed by atoms with Crippen molar-refractivity contribution in [2.45, 2.75) is 18.2 Å². The first-order valence-electron chi connectivity index (χ1n) is 6.81. The van der Waals surface area contributed by atoms with Crippen molar-refractivity contribution in [1.29, 1.82) is 0 Å². The Labute approximate surface area is 130 Å². The Morgan fingerprint density at radius 3 is 2.95 bits per heavy atom. The van der Waals surface area contributed by atoms with Gasteiger partial charge in [0.15, 0.2) is 0 Å². The van der Waals surface area contributed by atoms with Gasteiger partial charge in [-0.15, -0.1) is 34.4 Å². The number of allylic oxidation sites excluding steroid dienone is 3. The first-order chi connectivity index (χ1) is 9.88. The van der Waals surface area contributed by atoms with Crippen LogP contribution in [0.15, 0.2) is 47.4 Å². The molecule has 0 spiro atoms. The predicted molar refractivity (Wildman–Crippen MR) is 95.3 cm³/mol. The van der Waals surface area contributed by atoms with Gasteiger partial charge < -0.3 is 0 Å². The van der Waals surface area contributed by atoms with Crippen molar-refractivity contribution in [3.8, 4) is 0 Å². The standard InChI is InChI=1S/C17H14S3/c1-2-3-4-7-11-10-18-16-14(11)20-15-12-8-5-6-9-13(12)19-17(15)16/h3-9H,2,10H2,1H3. The molecule has 0 aliphatic carbocycles. The van der Waals surface area contributed by atoms with Crippen LogP contribution < -0.4 is 0 Å². The van der Waals surface area contributed by atoms with E-state index in [1.54, 1.807) is 0 Å². The van der Waals surface area contributed by atoms with Gasteiger partial charge in [-0.05, 0) is 18.1 Å². The molecule has 0 N–H and O–H groups in total. The molecule has 20 heavy (non-hydrogen) atoms. The van der Waals surface area contributed by atoms with Gasteiger partial charge in [0.1, 0.15) is 0 Å². The highest BCUT2D eigenvalue weighted by Gasteiger charge is 2.24. The van der Waals surface area contributed by atoms with E-state index in [0.717, 1.165) is 12.2 Å². The van der Waals surface area contributed by atoms with Crippen LogP contribution in [0.1, 0.15) is 18.2 Å². The quantitative estimate of drug-likeness (QED) is 0.515. The van der Waals surface area contributed by atoms with Crippen molar-refractivity contribution in [1.82, 2.24) is 0 Å². The molecule has 3 aromatic rings. The van der Waals surface area contributed by atoms with E-state index in [1.165, 1.54) is 34.8 Å². The number of thiophene rings is 2. The summed E-state index contributed by atoms with van der Waals surface area (Å²) in [5.41, 5.74) is 1.49. The van der Waals surface area contributed by atoms with Crippen molar-refractivity contribution < 1.29 is 0 Å². The minimum atomic E-state index is 1.11. The number of rotatable bonds is 2. The van der Waals surface area contributed by atoms with Crippen LogP contribution in [0.5, 0.6) is 0 Å².